The Bertz CT molecular complexity index is 1710. The standard InChI is InChI=1S/C31H35ClF2N3O7PS/c1-30(2,3)26(35-27(38)25-16-18-15-19(10-11-24(18)46-25)31(33,34)45(41,42)43)29(40)37-12-6-9-22(37)28(39)36-13-14-44-23(17-36)20-7-4-5-8-21(20)32/h4-5,7-8,10-11,15-16,22-23,26H,6,9,12-14,17H2,1-3H3,(H,35,38)(H2,41,42,43)/t22-,23?,26+/m0/s1. The highest BCUT2D eigenvalue weighted by Gasteiger charge is 2.50. The van der Waals surface area contributed by atoms with Crippen LogP contribution in [0.1, 0.15) is 60.5 Å². The first kappa shape index (κ1) is 34.4. The van der Waals surface area contributed by atoms with Crippen LogP contribution in [0.5, 0.6) is 0 Å². The molecule has 0 saturated carbocycles. The number of hydrogen-bond donors (Lipinski definition) is 3. The second-order valence-electron chi connectivity index (χ2n) is 12.6. The van der Waals surface area contributed by atoms with E-state index in [-0.39, 0.29) is 22.7 Å². The lowest BCUT2D eigenvalue weighted by Crippen LogP contribution is -2.58. The molecular formula is C31H35ClF2N3O7PS. The highest BCUT2D eigenvalue weighted by molar-refractivity contribution is 7.52. The molecule has 1 unspecified atom stereocenters. The van der Waals surface area contributed by atoms with Gasteiger partial charge in [-0.25, -0.2) is 0 Å². The smallest absolute Gasteiger partial charge is 0.370 e. The van der Waals surface area contributed by atoms with Crippen molar-refractivity contribution in [1.82, 2.24) is 15.1 Å². The largest absolute Gasteiger partial charge is 0.399 e. The van der Waals surface area contributed by atoms with Gasteiger partial charge in [-0.1, -0.05) is 56.6 Å². The molecule has 0 radical (unpaired) electrons. The van der Waals surface area contributed by atoms with Gasteiger partial charge in [0.15, 0.2) is 0 Å². The fraction of sp³-hybridized carbons (Fsp3) is 0.452. The van der Waals surface area contributed by atoms with E-state index in [1.807, 2.05) is 18.2 Å². The number of rotatable bonds is 7. The van der Waals surface area contributed by atoms with Crippen molar-refractivity contribution in [2.45, 2.75) is 57.5 Å². The number of alkyl halides is 2. The van der Waals surface area contributed by atoms with E-state index in [0.29, 0.717) is 42.3 Å². The zero-order valence-electron chi connectivity index (χ0n) is 25.4. The van der Waals surface area contributed by atoms with Crippen molar-refractivity contribution in [2.24, 2.45) is 5.41 Å². The molecule has 2 saturated heterocycles. The minimum Gasteiger partial charge on any atom is -0.370 e. The number of amides is 3. The quantitative estimate of drug-likeness (QED) is 0.277. The third-order valence-electron chi connectivity index (χ3n) is 8.29. The number of thiophene rings is 1. The van der Waals surface area contributed by atoms with Gasteiger partial charge in [0.05, 0.1) is 18.0 Å². The monoisotopic (exact) mass is 697 g/mol. The number of halogens is 3. The number of benzene rings is 2. The van der Waals surface area contributed by atoms with Crippen molar-refractivity contribution in [3.63, 3.8) is 0 Å². The minimum atomic E-state index is -5.77. The van der Waals surface area contributed by atoms with Crippen LogP contribution in [0, 0.1) is 5.41 Å². The second kappa shape index (κ2) is 12.9. The Morgan fingerprint density at radius 1 is 1.11 bits per heavy atom. The number of hydrogen-bond acceptors (Lipinski definition) is 6. The summed E-state index contributed by atoms with van der Waals surface area (Å²) in [4.78, 5) is 62.9. The van der Waals surface area contributed by atoms with Crippen LogP contribution in [0.4, 0.5) is 8.78 Å². The maximum Gasteiger partial charge on any atom is 0.399 e. The van der Waals surface area contributed by atoms with Crippen LogP contribution in [-0.2, 0) is 24.6 Å². The highest BCUT2D eigenvalue weighted by Crippen LogP contribution is 2.59. The van der Waals surface area contributed by atoms with Gasteiger partial charge < -0.3 is 29.6 Å². The topological polar surface area (TPSA) is 136 Å². The van der Waals surface area contributed by atoms with Gasteiger partial charge >= 0.3 is 13.3 Å². The van der Waals surface area contributed by atoms with E-state index in [4.69, 9.17) is 26.1 Å². The first-order valence-corrected chi connectivity index (χ1v) is 17.5. The molecule has 15 heteroatoms. The molecule has 2 aliphatic rings. The van der Waals surface area contributed by atoms with Crippen molar-refractivity contribution in [3.05, 3.63) is 69.6 Å². The molecule has 0 bridgehead atoms. The lowest BCUT2D eigenvalue weighted by Gasteiger charge is -2.38. The molecule has 3 heterocycles. The third kappa shape index (κ3) is 6.86. The number of carbonyl (C=O) groups is 3. The average Bonchev–Trinajstić information content (AvgIpc) is 3.66. The van der Waals surface area contributed by atoms with Crippen molar-refractivity contribution >= 4 is 58.3 Å². The lowest BCUT2D eigenvalue weighted by atomic mass is 9.85. The zero-order chi connectivity index (χ0) is 33.6. The Labute approximate surface area is 273 Å². The van der Waals surface area contributed by atoms with Crippen LogP contribution in [0.2, 0.25) is 5.02 Å². The number of ether oxygens (including phenoxy) is 1. The number of nitrogens with one attached hydrogen (secondary N) is 1. The molecule has 5 rings (SSSR count). The molecule has 46 heavy (non-hydrogen) atoms. The van der Waals surface area contributed by atoms with Crippen LogP contribution in [0.25, 0.3) is 10.1 Å². The zero-order valence-corrected chi connectivity index (χ0v) is 27.9. The fourth-order valence-electron chi connectivity index (χ4n) is 5.80. The van der Waals surface area contributed by atoms with Crippen LogP contribution in [0.3, 0.4) is 0 Å². The van der Waals surface area contributed by atoms with Gasteiger partial charge in [-0.05, 0) is 47.9 Å². The van der Waals surface area contributed by atoms with Gasteiger partial charge in [-0.15, -0.1) is 11.3 Å². The summed E-state index contributed by atoms with van der Waals surface area (Å²) < 4.78 is 46.3. The summed E-state index contributed by atoms with van der Waals surface area (Å²) in [6, 6.07) is 10.0. The molecule has 10 nitrogen and oxygen atoms in total. The summed E-state index contributed by atoms with van der Waals surface area (Å²) in [6.07, 6.45) is 0.684. The van der Waals surface area contributed by atoms with E-state index < -0.39 is 54.2 Å². The van der Waals surface area contributed by atoms with Crippen LogP contribution < -0.4 is 5.32 Å². The predicted molar refractivity (Wildman–Crippen MR) is 170 cm³/mol. The first-order chi connectivity index (χ1) is 21.5. The highest BCUT2D eigenvalue weighted by atomic mass is 35.5. The molecular weight excluding hydrogens is 663 g/mol. The molecule has 0 aliphatic carbocycles. The fourth-order valence-corrected chi connectivity index (χ4v) is 7.48. The van der Waals surface area contributed by atoms with Crippen LogP contribution >= 0.6 is 30.5 Å². The number of fused-ring (bicyclic) bond motifs is 1. The Kier molecular flexibility index (Phi) is 9.67. The average molecular weight is 698 g/mol. The van der Waals surface area contributed by atoms with Crippen molar-refractivity contribution in [1.29, 1.82) is 0 Å². The lowest BCUT2D eigenvalue weighted by molar-refractivity contribution is -0.150. The molecule has 2 fully saturated rings. The van der Waals surface area contributed by atoms with E-state index in [1.165, 1.54) is 17.0 Å². The number of carbonyl (C=O) groups excluding carboxylic acids is 3. The normalized spacial score (nSPS) is 20.2. The molecule has 3 atom stereocenters. The van der Waals surface area contributed by atoms with E-state index in [1.54, 1.807) is 31.7 Å². The van der Waals surface area contributed by atoms with Gasteiger partial charge in [0.2, 0.25) is 11.8 Å². The van der Waals surface area contributed by atoms with Gasteiger partial charge in [-0.3, -0.25) is 18.9 Å². The number of morpholine rings is 1. The van der Waals surface area contributed by atoms with Crippen LogP contribution in [0.15, 0.2) is 48.5 Å². The van der Waals surface area contributed by atoms with Crippen molar-refractivity contribution in [3.8, 4) is 0 Å². The number of likely N-dealkylation sites (tertiary alicyclic amines) is 1. The molecule has 2 aromatic carbocycles. The Hall–Kier alpha value is -2.93. The van der Waals surface area contributed by atoms with E-state index in [0.717, 1.165) is 29.0 Å². The van der Waals surface area contributed by atoms with Crippen LogP contribution in [-0.4, -0.2) is 75.6 Å². The Morgan fingerprint density at radius 3 is 2.50 bits per heavy atom. The van der Waals surface area contributed by atoms with Gasteiger partial charge in [0.1, 0.15) is 18.2 Å². The van der Waals surface area contributed by atoms with Crippen molar-refractivity contribution in [2.75, 3.05) is 26.2 Å². The molecule has 248 valence electrons. The molecule has 3 aromatic rings. The summed E-state index contributed by atoms with van der Waals surface area (Å²) in [5.41, 5.74) is -5.24. The van der Waals surface area contributed by atoms with E-state index >= 15 is 0 Å². The second-order valence-corrected chi connectivity index (χ2v) is 15.7. The summed E-state index contributed by atoms with van der Waals surface area (Å²) in [5, 5.41) is 3.54. The maximum atomic E-state index is 14.3. The SMILES string of the molecule is CC(C)(C)[C@H](NC(=O)c1cc2cc(C(F)(F)P(=O)(O)O)ccc2s1)C(=O)N1CCC[C@H]1C(=O)N1CCOC(c2ccccc2Cl)C1. The van der Waals surface area contributed by atoms with Gasteiger partial charge in [0, 0.05) is 33.9 Å². The first-order valence-electron chi connectivity index (χ1n) is 14.7. The maximum absolute atomic E-state index is 14.3. The molecule has 1 aromatic heterocycles. The molecule has 3 amide bonds. The minimum absolute atomic E-state index is 0.127. The summed E-state index contributed by atoms with van der Waals surface area (Å²) in [5.74, 6) is -1.22. The molecule has 0 spiro atoms. The molecule has 3 N–H and O–H groups in total. The summed E-state index contributed by atoms with van der Waals surface area (Å²) in [7, 11) is -5.77. The van der Waals surface area contributed by atoms with E-state index in [2.05, 4.69) is 5.32 Å². The van der Waals surface area contributed by atoms with Gasteiger partial charge in [0.25, 0.3) is 5.91 Å². The summed E-state index contributed by atoms with van der Waals surface area (Å²) >= 11 is 7.37. The summed E-state index contributed by atoms with van der Waals surface area (Å²) in [6.45, 7) is 6.69. The number of nitrogens with zero attached hydrogens (tertiary/aromatic N) is 2. The Morgan fingerprint density at radius 2 is 1.83 bits per heavy atom. The molecule has 2 aliphatic heterocycles. The third-order valence-corrected chi connectivity index (χ3v) is 10.7. The van der Waals surface area contributed by atoms with E-state index in [9.17, 15) is 27.7 Å². The Balaban J connectivity index is 1.33. The predicted octanol–water partition coefficient (Wildman–Crippen LogP) is 5.52. The van der Waals surface area contributed by atoms with Gasteiger partial charge in [-0.2, -0.15) is 8.78 Å². The van der Waals surface area contributed by atoms with Crippen molar-refractivity contribution < 1.29 is 42.3 Å².